The fraction of sp³-hybridized carbons (Fsp3) is 0.261. The molecule has 0 radical (unpaired) electrons. The smallest absolute Gasteiger partial charge is 0.253 e. The van der Waals surface area contributed by atoms with Gasteiger partial charge in [-0.05, 0) is 68.8 Å². The second-order valence-corrected chi connectivity index (χ2v) is 9.27. The Bertz CT molecular complexity index is 1110. The van der Waals surface area contributed by atoms with Gasteiger partial charge in [0.15, 0.2) is 11.0 Å². The fourth-order valence-corrected chi connectivity index (χ4v) is 5.22. The molecular formula is C23H23ClFN3O2S. The lowest BCUT2D eigenvalue weighted by atomic mass is 10.1. The average molecular weight is 460 g/mol. The summed E-state index contributed by atoms with van der Waals surface area (Å²) in [6, 6.07) is 14.4. The number of hydrogen-bond acceptors (Lipinski definition) is 3. The zero-order chi connectivity index (χ0) is 21.8. The molecule has 2 unspecified atom stereocenters. The maximum Gasteiger partial charge on any atom is 0.253 e. The summed E-state index contributed by atoms with van der Waals surface area (Å²) in [6.07, 6.45) is 4.32. The Morgan fingerprint density at radius 3 is 2.77 bits per heavy atom. The van der Waals surface area contributed by atoms with Gasteiger partial charge in [0, 0.05) is 22.8 Å². The van der Waals surface area contributed by atoms with E-state index in [-0.39, 0.29) is 11.9 Å². The van der Waals surface area contributed by atoms with E-state index >= 15 is 0 Å². The van der Waals surface area contributed by atoms with Gasteiger partial charge in [0.2, 0.25) is 0 Å². The average Bonchev–Trinajstić information content (AvgIpc) is 3.05. The van der Waals surface area contributed by atoms with E-state index in [1.54, 1.807) is 48.7 Å². The van der Waals surface area contributed by atoms with Crippen LogP contribution in [0.2, 0.25) is 5.02 Å². The summed E-state index contributed by atoms with van der Waals surface area (Å²) in [4.78, 5) is 13.7. The second-order valence-electron chi connectivity index (χ2n) is 7.47. The first-order valence-corrected chi connectivity index (χ1v) is 11.7. The minimum atomic E-state index is -1.66. The van der Waals surface area contributed by atoms with Gasteiger partial charge in [-0.1, -0.05) is 29.8 Å². The molecule has 1 fully saturated rings. The molecule has 5 nitrogen and oxygen atoms in total. The van der Waals surface area contributed by atoms with Crippen LogP contribution in [0, 0.1) is 5.82 Å². The molecule has 1 aliphatic rings. The van der Waals surface area contributed by atoms with Gasteiger partial charge in [0.05, 0.1) is 16.2 Å². The molecule has 162 valence electrons. The number of carbonyl (C=O) groups is 1. The van der Waals surface area contributed by atoms with E-state index in [9.17, 15) is 13.4 Å². The third-order valence-corrected chi connectivity index (χ3v) is 6.84. The quantitative estimate of drug-likeness (QED) is 0.594. The zero-order valence-corrected chi connectivity index (χ0v) is 18.4. The highest BCUT2D eigenvalue weighted by molar-refractivity contribution is 7.83. The van der Waals surface area contributed by atoms with Gasteiger partial charge in [-0.3, -0.25) is 8.77 Å². The molecule has 1 amide bonds. The van der Waals surface area contributed by atoms with Gasteiger partial charge in [0.25, 0.3) is 5.91 Å². The molecule has 0 aliphatic carbocycles. The van der Waals surface area contributed by atoms with Crippen molar-refractivity contribution in [3.63, 3.8) is 0 Å². The molecule has 0 saturated carbocycles. The number of carbonyl (C=O) groups excluding carboxylic acids is 1. The summed E-state index contributed by atoms with van der Waals surface area (Å²) in [5.41, 5.74) is 1.24. The molecule has 4 rings (SSSR count). The number of hydrogen-bond donors (Lipinski definition) is 2. The fourth-order valence-electron chi connectivity index (χ4n) is 3.77. The van der Waals surface area contributed by atoms with Crippen molar-refractivity contribution in [3.8, 4) is 11.3 Å². The van der Waals surface area contributed by atoms with Crippen molar-refractivity contribution in [2.75, 3.05) is 13.1 Å². The van der Waals surface area contributed by atoms with E-state index in [4.69, 9.17) is 11.6 Å². The van der Waals surface area contributed by atoms with Crippen molar-refractivity contribution in [1.29, 1.82) is 0 Å². The maximum atomic E-state index is 14.0. The molecule has 2 atom stereocenters. The number of rotatable bonds is 5. The predicted molar refractivity (Wildman–Crippen MR) is 121 cm³/mol. The van der Waals surface area contributed by atoms with Crippen molar-refractivity contribution in [2.24, 2.45) is 0 Å². The van der Waals surface area contributed by atoms with Crippen molar-refractivity contribution in [1.82, 2.24) is 14.6 Å². The van der Waals surface area contributed by atoms with Crippen LogP contribution >= 0.6 is 11.6 Å². The van der Waals surface area contributed by atoms with Crippen LogP contribution in [0.1, 0.15) is 29.6 Å². The minimum Gasteiger partial charge on any atom is -0.349 e. The summed E-state index contributed by atoms with van der Waals surface area (Å²) in [7, 11) is -1.66. The number of nitrogens with zero attached hydrogens (tertiary/aromatic N) is 1. The highest BCUT2D eigenvalue weighted by Crippen LogP contribution is 2.29. The summed E-state index contributed by atoms with van der Waals surface area (Å²) < 4.78 is 28.8. The Hall–Kier alpha value is -2.48. The Kier molecular flexibility index (Phi) is 6.85. The summed E-state index contributed by atoms with van der Waals surface area (Å²) >= 11 is 6.07. The van der Waals surface area contributed by atoms with Crippen LogP contribution < -0.4 is 10.6 Å². The van der Waals surface area contributed by atoms with Gasteiger partial charge in [-0.25, -0.2) is 8.60 Å². The molecule has 1 aliphatic heterocycles. The highest BCUT2D eigenvalue weighted by Gasteiger charge is 2.24. The topological polar surface area (TPSA) is 63.1 Å². The number of amides is 1. The maximum absolute atomic E-state index is 14.0. The number of nitrogens with one attached hydrogen (secondary N) is 2. The van der Waals surface area contributed by atoms with Gasteiger partial charge in [-0.15, -0.1) is 0 Å². The minimum absolute atomic E-state index is 0.0598. The Labute approximate surface area is 188 Å². The van der Waals surface area contributed by atoms with Crippen molar-refractivity contribution in [3.05, 3.63) is 77.2 Å². The zero-order valence-electron chi connectivity index (χ0n) is 16.8. The highest BCUT2D eigenvalue weighted by atomic mass is 35.5. The van der Waals surface area contributed by atoms with Crippen LogP contribution in [-0.2, 0) is 11.0 Å². The van der Waals surface area contributed by atoms with Crippen LogP contribution in [0.25, 0.3) is 11.3 Å². The van der Waals surface area contributed by atoms with Gasteiger partial charge in [-0.2, -0.15) is 0 Å². The number of benzene rings is 2. The lowest BCUT2D eigenvalue weighted by Crippen LogP contribution is -2.35. The monoisotopic (exact) mass is 459 g/mol. The van der Waals surface area contributed by atoms with Crippen molar-refractivity contribution in [2.45, 2.75) is 30.2 Å². The molecule has 31 heavy (non-hydrogen) atoms. The first-order chi connectivity index (χ1) is 15.0. The lowest BCUT2D eigenvalue weighted by molar-refractivity contribution is 0.0935. The molecular weight excluding hydrogens is 437 g/mol. The van der Waals surface area contributed by atoms with Gasteiger partial charge < -0.3 is 10.6 Å². The lowest BCUT2D eigenvalue weighted by Gasteiger charge is -2.17. The van der Waals surface area contributed by atoms with Crippen LogP contribution in [-0.4, -0.2) is 33.2 Å². The van der Waals surface area contributed by atoms with Gasteiger partial charge >= 0.3 is 0 Å². The van der Waals surface area contributed by atoms with Gasteiger partial charge in [0.1, 0.15) is 5.82 Å². The third-order valence-electron chi connectivity index (χ3n) is 5.28. The first-order valence-electron chi connectivity index (χ1n) is 10.2. The van der Waals surface area contributed by atoms with E-state index < -0.39 is 16.8 Å². The normalized spacial score (nSPS) is 17.7. The Balaban J connectivity index is 1.73. The largest absolute Gasteiger partial charge is 0.349 e. The molecule has 3 aromatic rings. The van der Waals surface area contributed by atoms with E-state index in [2.05, 4.69) is 10.6 Å². The SMILES string of the molecule is O=C(NC1CCCNCC1)c1ccn(S(=O)c2cccc(Cl)c2)c1-c1cccc(F)c1. The third kappa shape index (κ3) is 5.06. The molecule has 2 aromatic carbocycles. The predicted octanol–water partition coefficient (Wildman–Crippen LogP) is 4.39. The molecule has 1 aromatic heterocycles. The van der Waals surface area contributed by atoms with Crippen LogP contribution in [0.4, 0.5) is 4.39 Å². The molecule has 2 N–H and O–H groups in total. The molecule has 0 spiro atoms. The second kappa shape index (κ2) is 9.77. The van der Waals surface area contributed by atoms with Crippen LogP contribution in [0.5, 0.6) is 0 Å². The van der Waals surface area contributed by atoms with E-state index in [1.165, 1.54) is 16.1 Å². The Morgan fingerprint density at radius 1 is 1.13 bits per heavy atom. The van der Waals surface area contributed by atoms with Crippen LogP contribution in [0.3, 0.4) is 0 Å². The first kappa shape index (κ1) is 21.7. The van der Waals surface area contributed by atoms with Crippen molar-refractivity contribution >= 4 is 28.5 Å². The molecule has 8 heteroatoms. The standard InChI is InChI=1S/C23H23ClFN3O2S/c24-17-5-2-8-20(15-17)31(30)28-13-10-21(22(28)16-4-1-6-18(25)14-16)23(29)27-19-7-3-11-26-12-9-19/h1-2,4-6,8,10,13-15,19,26H,3,7,9,11-12H2,(H,27,29). The van der Waals surface area contributed by atoms with E-state index in [0.717, 1.165) is 32.4 Å². The molecule has 2 heterocycles. The summed E-state index contributed by atoms with van der Waals surface area (Å²) in [6.45, 7) is 1.79. The number of halogens is 2. The van der Waals surface area contributed by atoms with Crippen molar-refractivity contribution < 1.29 is 13.4 Å². The molecule has 0 bridgehead atoms. The van der Waals surface area contributed by atoms with E-state index in [0.29, 0.717) is 26.7 Å². The molecule has 1 saturated heterocycles. The Morgan fingerprint density at radius 2 is 1.97 bits per heavy atom. The van der Waals surface area contributed by atoms with E-state index in [1.807, 2.05) is 0 Å². The summed E-state index contributed by atoms with van der Waals surface area (Å²) in [5.74, 6) is -0.687. The summed E-state index contributed by atoms with van der Waals surface area (Å²) in [5, 5.41) is 6.89. The number of aromatic nitrogens is 1. The van der Waals surface area contributed by atoms with Crippen LogP contribution in [0.15, 0.2) is 65.7 Å².